The van der Waals surface area contributed by atoms with Crippen LogP contribution >= 0.6 is 0 Å². The highest BCUT2D eigenvalue weighted by atomic mass is 16.5. The van der Waals surface area contributed by atoms with Crippen LogP contribution in [0.25, 0.3) is 0 Å². The molecule has 1 saturated carbocycles. The Bertz CT molecular complexity index is 216. The molecule has 0 aromatic carbocycles. The standard InChI is InChI=1S/C13H26N2O/c1-14-8-4-9-15(2)12-5-10-16-13(11-12)6-3-7-13/h12,14H,3-11H2,1-2H3. The average Bonchev–Trinajstić information content (AvgIpc) is 2.27. The van der Waals surface area contributed by atoms with Gasteiger partial charge < -0.3 is 15.0 Å². The molecule has 0 aromatic rings. The third-order valence-electron chi connectivity index (χ3n) is 4.29. The van der Waals surface area contributed by atoms with Crippen molar-refractivity contribution >= 4 is 0 Å². The fourth-order valence-electron chi connectivity index (χ4n) is 2.99. The minimum atomic E-state index is 0.292. The summed E-state index contributed by atoms with van der Waals surface area (Å²) in [5.41, 5.74) is 0.292. The lowest BCUT2D eigenvalue weighted by Crippen LogP contribution is -2.51. The topological polar surface area (TPSA) is 24.5 Å². The molecule has 0 aromatic heterocycles. The van der Waals surface area contributed by atoms with Gasteiger partial charge in [-0.3, -0.25) is 0 Å². The lowest BCUT2D eigenvalue weighted by Gasteiger charge is -2.49. The number of rotatable bonds is 5. The quantitative estimate of drug-likeness (QED) is 0.721. The van der Waals surface area contributed by atoms with Gasteiger partial charge in [-0.1, -0.05) is 0 Å². The van der Waals surface area contributed by atoms with Gasteiger partial charge in [-0.15, -0.1) is 0 Å². The van der Waals surface area contributed by atoms with Gasteiger partial charge in [0.25, 0.3) is 0 Å². The van der Waals surface area contributed by atoms with Crippen LogP contribution in [-0.4, -0.2) is 50.3 Å². The van der Waals surface area contributed by atoms with Gasteiger partial charge in [0.2, 0.25) is 0 Å². The van der Waals surface area contributed by atoms with Gasteiger partial charge in [-0.2, -0.15) is 0 Å². The zero-order valence-corrected chi connectivity index (χ0v) is 10.8. The summed E-state index contributed by atoms with van der Waals surface area (Å²) < 4.78 is 5.97. The molecule has 0 amide bonds. The third kappa shape index (κ3) is 2.76. The molecule has 1 N–H and O–H groups in total. The van der Waals surface area contributed by atoms with Gasteiger partial charge in [0.1, 0.15) is 0 Å². The number of hydrogen-bond donors (Lipinski definition) is 1. The predicted octanol–water partition coefficient (Wildman–Crippen LogP) is 1.63. The van der Waals surface area contributed by atoms with E-state index in [0.29, 0.717) is 5.60 Å². The fourth-order valence-corrected chi connectivity index (χ4v) is 2.99. The summed E-state index contributed by atoms with van der Waals surface area (Å²) in [5, 5.41) is 3.21. The first-order valence-corrected chi connectivity index (χ1v) is 6.75. The van der Waals surface area contributed by atoms with Crippen LogP contribution in [0.4, 0.5) is 0 Å². The summed E-state index contributed by atoms with van der Waals surface area (Å²) in [6, 6.07) is 0.755. The maximum Gasteiger partial charge on any atom is 0.0697 e. The van der Waals surface area contributed by atoms with Crippen LogP contribution in [0, 0.1) is 0 Å². The Hall–Kier alpha value is -0.120. The maximum absolute atomic E-state index is 5.97. The van der Waals surface area contributed by atoms with E-state index >= 15 is 0 Å². The summed E-state index contributed by atoms with van der Waals surface area (Å²) in [6.45, 7) is 3.31. The average molecular weight is 226 g/mol. The van der Waals surface area contributed by atoms with Crippen molar-refractivity contribution in [2.45, 2.75) is 50.2 Å². The molecule has 0 radical (unpaired) electrons. The SMILES string of the molecule is CNCCCN(C)C1CCOC2(CCC2)C1. The molecule has 2 rings (SSSR count). The lowest BCUT2D eigenvalue weighted by molar-refractivity contribution is -0.146. The molecule has 2 fully saturated rings. The van der Waals surface area contributed by atoms with Crippen LogP contribution in [0.15, 0.2) is 0 Å². The van der Waals surface area contributed by atoms with Crippen molar-refractivity contribution in [1.82, 2.24) is 10.2 Å². The Kier molecular flexibility index (Phi) is 4.22. The fraction of sp³-hybridized carbons (Fsp3) is 1.00. The molecule has 3 nitrogen and oxygen atoms in total. The van der Waals surface area contributed by atoms with Gasteiger partial charge in [0, 0.05) is 12.6 Å². The van der Waals surface area contributed by atoms with E-state index < -0.39 is 0 Å². The third-order valence-corrected chi connectivity index (χ3v) is 4.29. The van der Waals surface area contributed by atoms with Gasteiger partial charge in [-0.25, -0.2) is 0 Å². The molecule has 94 valence electrons. The zero-order chi connectivity index (χ0) is 11.4. The summed E-state index contributed by atoms with van der Waals surface area (Å²) in [5.74, 6) is 0. The summed E-state index contributed by atoms with van der Waals surface area (Å²) >= 11 is 0. The van der Waals surface area contributed by atoms with E-state index in [1.54, 1.807) is 0 Å². The molecular weight excluding hydrogens is 200 g/mol. The smallest absolute Gasteiger partial charge is 0.0697 e. The first kappa shape index (κ1) is 12.3. The van der Waals surface area contributed by atoms with Crippen molar-refractivity contribution in [3.8, 4) is 0 Å². The van der Waals surface area contributed by atoms with E-state index in [1.807, 2.05) is 7.05 Å². The molecule has 1 unspecified atom stereocenters. The van der Waals surface area contributed by atoms with E-state index in [-0.39, 0.29) is 0 Å². The molecular formula is C13H26N2O. The van der Waals surface area contributed by atoms with E-state index in [9.17, 15) is 0 Å². The molecule has 2 aliphatic rings. The minimum Gasteiger partial charge on any atom is -0.375 e. The van der Waals surface area contributed by atoms with Crippen LogP contribution in [0.2, 0.25) is 0 Å². The van der Waals surface area contributed by atoms with Crippen molar-refractivity contribution < 1.29 is 4.74 Å². The Morgan fingerprint density at radius 2 is 2.25 bits per heavy atom. The molecule has 16 heavy (non-hydrogen) atoms. The second kappa shape index (κ2) is 5.48. The van der Waals surface area contributed by atoms with E-state index in [1.165, 1.54) is 45.1 Å². The molecule has 1 heterocycles. The summed E-state index contributed by atoms with van der Waals surface area (Å²) in [4.78, 5) is 2.54. The maximum atomic E-state index is 5.97. The molecule has 1 aliphatic carbocycles. The Morgan fingerprint density at radius 3 is 2.88 bits per heavy atom. The minimum absolute atomic E-state index is 0.292. The molecule has 1 aliphatic heterocycles. The number of hydrogen-bond acceptors (Lipinski definition) is 3. The highest BCUT2D eigenvalue weighted by Gasteiger charge is 2.43. The van der Waals surface area contributed by atoms with Crippen molar-refractivity contribution in [3.05, 3.63) is 0 Å². The van der Waals surface area contributed by atoms with Gasteiger partial charge >= 0.3 is 0 Å². The monoisotopic (exact) mass is 226 g/mol. The molecule has 3 heteroatoms. The number of nitrogens with zero attached hydrogens (tertiary/aromatic N) is 1. The van der Waals surface area contributed by atoms with Crippen LogP contribution < -0.4 is 5.32 Å². The molecule has 1 spiro atoms. The van der Waals surface area contributed by atoms with E-state index in [0.717, 1.165) is 19.2 Å². The highest BCUT2D eigenvalue weighted by Crippen LogP contribution is 2.43. The van der Waals surface area contributed by atoms with Crippen LogP contribution in [-0.2, 0) is 4.74 Å². The van der Waals surface area contributed by atoms with Crippen LogP contribution in [0.1, 0.15) is 38.5 Å². The summed E-state index contributed by atoms with van der Waals surface area (Å²) in [7, 11) is 4.30. The Balaban J connectivity index is 1.75. The van der Waals surface area contributed by atoms with E-state index in [4.69, 9.17) is 4.74 Å². The number of ether oxygens (including phenoxy) is 1. The second-order valence-electron chi connectivity index (χ2n) is 5.47. The second-order valence-corrected chi connectivity index (χ2v) is 5.47. The van der Waals surface area contributed by atoms with Crippen molar-refractivity contribution in [2.24, 2.45) is 0 Å². The van der Waals surface area contributed by atoms with E-state index in [2.05, 4.69) is 17.3 Å². The van der Waals surface area contributed by atoms with Crippen molar-refractivity contribution in [2.75, 3.05) is 33.8 Å². The first-order valence-electron chi connectivity index (χ1n) is 6.75. The van der Waals surface area contributed by atoms with Crippen molar-refractivity contribution in [3.63, 3.8) is 0 Å². The first-order chi connectivity index (χ1) is 7.76. The molecule has 0 bridgehead atoms. The molecule has 1 atom stereocenters. The normalized spacial score (nSPS) is 28.3. The Morgan fingerprint density at radius 1 is 1.44 bits per heavy atom. The lowest BCUT2D eigenvalue weighted by atomic mass is 9.73. The Labute approximate surface area is 99.5 Å². The van der Waals surface area contributed by atoms with Crippen LogP contribution in [0.5, 0.6) is 0 Å². The largest absolute Gasteiger partial charge is 0.375 e. The van der Waals surface area contributed by atoms with Gasteiger partial charge in [0.15, 0.2) is 0 Å². The predicted molar refractivity (Wildman–Crippen MR) is 66.7 cm³/mol. The number of nitrogens with one attached hydrogen (secondary N) is 1. The highest BCUT2D eigenvalue weighted by molar-refractivity contribution is 4.96. The van der Waals surface area contributed by atoms with Gasteiger partial charge in [-0.05, 0) is 65.7 Å². The van der Waals surface area contributed by atoms with Gasteiger partial charge in [0.05, 0.1) is 5.60 Å². The zero-order valence-electron chi connectivity index (χ0n) is 10.8. The molecule has 1 saturated heterocycles. The summed E-state index contributed by atoms with van der Waals surface area (Å²) in [6.07, 6.45) is 7.70. The van der Waals surface area contributed by atoms with Crippen LogP contribution in [0.3, 0.4) is 0 Å². The van der Waals surface area contributed by atoms with Crippen molar-refractivity contribution in [1.29, 1.82) is 0 Å².